The number of halogens is 2. The molecule has 2 aromatic carbocycles. The Hall–Kier alpha value is -1.27. The fraction of sp³-hybridized carbons (Fsp3) is 0.488. The molecule has 0 aromatic heterocycles. The van der Waals surface area contributed by atoms with Gasteiger partial charge in [-0.1, -0.05) is 0 Å². The molecule has 0 heterocycles. The monoisotopic (exact) mass is 704 g/mol. The molecule has 0 saturated heterocycles. The van der Waals surface area contributed by atoms with Crippen LogP contribution < -0.4 is 24.8 Å². The maximum Gasteiger partial charge on any atom is -1.00 e. The van der Waals surface area contributed by atoms with Crippen molar-refractivity contribution in [1.82, 2.24) is 0 Å². The molecular weight excluding hydrogens is 655 g/mol. The minimum atomic E-state index is -2.38. The number of allylic oxidation sites excluding steroid dienone is 8. The van der Waals surface area contributed by atoms with Gasteiger partial charge in [-0.05, 0) is 0 Å². The molecular formula is C41H52Cl2Zr. The van der Waals surface area contributed by atoms with Crippen LogP contribution >= 0.6 is 0 Å². The largest absolute Gasteiger partial charge is 1.00 e. The summed E-state index contributed by atoms with van der Waals surface area (Å²) in [6.07, 6.45) is 13.7. The zero-order valence-corrected chi connectivity index (χ0v) is 33.1. The summed E-state index contributed by atoms with van der Waals surface area (Å²) in [5, 5.41) is 0. The number of hydrogen-bond donors (Lipinski definition) is 0. The number of rotatable bonds is 3. The van der Waals surface area contributed by atoms with Crippen molar-refractivity contribution in [3.05, 3.63) is 90.8 Å². The van der Waals surface area contributed by atoms with Crippen molar-refractivity contribution in [2.75, 3.05) is 0 Å². The molecule has 0 aliphatic heterocycles. The molecule has 44 heavy (non-hydrogen) atoms. The van der Waals surface area contributed by atoms with Gasteiger partial charge in [0.2, 0.25) is 0 Å². The van der Waals surface area contributed by atoms with Crippen LogP contribution in [0, 0.1) is 11.3 Å². The Morgan fingerprint density at radius 2 is 1.23 bits per heavy atom. The van der Waals surface area contributed by atoms with E-state index in [-0.39, 0.29) is 41.1 Å². The van der Waals surface area contributed by atoms with Gasteiger partial charge in [0, 0.05) is 0 Å². The van der Waals surface area contributed by atoms with Crippen LogP contribution in [0.1, 0.15) is 139 Å². The Bertz CT molecular complexity index is 1590. The van der Waals surface area contributed by atoms with Crippen LogP contribution in [0.2, 0.25) is 0 Å². The van der Waals surface area contributed by atoms with E-state index in [4.69, 9.17) is 0 Å². The van der Waals surface area contributed by atoms with Gasteiger partial charge in [0.15, 0.2) is 0 Å². The molecule has 234 valence electrons. The first-order valence-electron chi connectivity index (χ1n) is 16.4. The van der Waals surface area contributed by atoms with Gasteiger partial charge in [-0.25, -0.2) is 0 Å². The van der Waals surface area contributed by atoms with Gasteiger partial charge >= 0.3 is 266 Å². The minimum absolute atomic E-state index is 0. The summed E-state index contributed by atoms with van der Waals surface area (Å²) >= 11 is -2.38. The molecule has 0 spiro atoms. The quantitative estimate of drug-likeness (QED) is 0.387. The van der Waals surface area contributed by atoms with Crippen molar-refractivity contribution in [2.24, 2.45) is 11.3 Å². The van der Waals surface area contributed by atoms with Crippen LogP contribution in [-0.2, 0) is 32.1 Å². The second-order valence-corrected chi connectivity index (χ2v) is 23.6. The predicted octanol–water partition coefficient (Wildman–Crippen LogP) is 5.66. The van der Waals surface area contributed by atoms with Gasteiger partial charge in [0.25, 0.3) is 0 Å². The van der Waals surface area contributed by atoms with E-state index in [1.54, 1.807) is 31.0 Å². The summed E-state index contributed by atoms with van der Waals surface area (Å²) in [5.41, 5.74) is 17.4. The Balaban J connectivity index is 0.00000221. The molecule has 2 aromatic rings. The van der Waals surface area contributed by atoms with Crippen LogP contribution in [0.4, 0.5) is 0 Å². The van der Waals surface area contributed by atoms with E-state index in [2.05, 4.69) is 132 Å². The summed E-state index contributed by atoms with van der Waals surface area (Å²) in [6.45, 7) is 29.0. The van der Waals surface area contributed by atoms with Crippen molar-refractivity contribution >= 4 is 14.4 Å². The molecule has 0 bridgehead atoms. The van der Waals surface area contributed by atoms with Crippen molar-refractivity contribution in [2.45, 2.75) is 117 Å². The maximum atomic E-state index is 2.71. The van der Waals surface area contributed by atoms with E-state index in [0.29, 0.717) is 9.54 Å². The fourth-order valence-corrected chi connectivity index (χ4v) is 17.0. The third-order valence-electron chi connectivity index (χ3n) is 11.0. The Morgan fingerprint density at radius 1 is 0.773 bits per heavy atom. The second kappa shape index (κ2) is 12.1. The summed E-state index contributed by atoms with van der Waals surface area (Å²) in [7, 11) is 0. The van der Waals surface area contributed by atoms with Crippen LogP contribution in [0.15, 0.2) is 57.4 Å². The third kappa shape index (κ3) is 5.64. The predicted molar refractivity (Wildman–Crippen MR) is 182 cm³/mol. The van der Waals surface area contributed by atoms with Crippen molar-refractivity contribution < 1.29 is 46.1 Å². The third-order valence-corrected chi connectivity index (χ3v) is 19.4. The molecule has 0 amide bonds. The molecule has 0 radical (unpaired) electrons. The van der Waals surface area contributed by atoms with Gasteiger partial charge in [0.05, 0.1) is 0 Å². The van der Waals surface area contributed by atoms with Crippen molar-refractivity contribution in [3.8, 4) is 11.1 Å². The number of benzene rings is 2. The zero-order chi connectivity index (χ0) is 30.5. The van der Waals surface area contributed by atoms with Crippen LogP contribution in [-0.4, -0.2) is 3.21 Å². The Labute approximate surface area is 288 Å². The minimum Gasteiger partial charge on any atom is -1.00 e. The molecule has 3 heteroatoms. The standard InChI is InChI=1S/C27H29.C11H17.C3H6.2ClH.Zr/c1-16-7-9-26(3,4)24-12-18-11-19-13-25-21(17(2)8-10-27(25,5)6)15-23(19)22(18)14-20(16)24;1-5-9-6-7-10(8-9)11(2,3)4;1-3-2;;;/h7-8,11-15H,9-10H2,1-6H3;7-9H,5H2,1-4H3;1-2H3;2*1H;/q;;;;;+2/p-2. The maximum absolute atomic E-state index is 2.71. The molecule has 6 rings (SSSR count). The van der Waals surface area contributed by atoms with Crippen molar-refractivity contribution in [1.29, 1.82) is 0 Å². The molecule has 0 nitrogen and oxygen atoms in total. The molecule has 4 aliphatic rings. The van der Waals surface area contributed by atoms with Crippen molar-refractivity contribution in [3.63, 3.8) is 0 Å². The summed E-state index contributed by atoms with van der Waals surface area (Å²) < 4.78 is 4.10. The van der Waals surface area contributed by atoms with E-state index in [1.165, 1.54) is 39.8 Å². The number of hydrogen-bond acceptors (Lipinski definition) is 0. The summed E-state index contributed by atoms with van der Waals surface area (Å²) in [5.74, 6) is 0.592. The van der Waals surface area contributed by atoms with Gasteiger partial charge in [-0.2, -0.15) is 0 Å². The SMILES string of the molecule is CCC1C=C(C(C)(C)C)C=[C]1[Zr+2](=[C](C)C)[CH]1c2cc3c(cc2-c2cc4c(cc21)C(C)(C)CC=C4C)C(C)=CCC3(C)C.[Cl-].[Cl-]. The van der Waals surface area contributed by atoms with E-state index < -0.39 is 21.3 Å². The van der Waals surface area contributed by atoms with E-state index in [9.17, 15) is 0 Å². The van der Waals surface area contributed by atoms with Gasteiger partial charge in [-0.3, -0.25) is 0 Å². The average Bonchev–Trinajstić information content (AvgIpc) is 3.47. The Kier molecular flexibility index (Phi) is 9.76. The van der Waals surface area contributed by atoms with Gasteiger partial charge < -0.3 is 24.8 Å². The average molecular weight is 707 g/mol. The molecule has 0 saturated carbocycles. The molecule has 0 N–H and O–H groups in total. The smallest absolute Gasteiger partial charge is 1.00 e. The Morgan fingerprint density at radius 3 is 1.61 bits per heavy atom. The zero-order valence-electron chi connectivity index (χ0n) is 29.2. The molecule has 4 aliphatic carbocycles. The first kappa shape index (κ1) is 35.6. The first-order valence-corrected chi connectivity index (χ1v) is 20.3. The second-order valence-electron chi connectivity index (χ2n) is 16.3. The van der Waals surface area contributed by atoms with E-state index >= 15 is 0 Å². The van der Waals surface area contributed by atoms with Gasteiger partial charge in [0.1, 0.15) is 0 Å². The van der Waals surface area contributed by atoms with Crippen LogP contribution in [0.3, 0.4) is 0 Å². The van der Waals surface area contributed by atoms with Crippen LogP contribution in [0.5, 0.6) is 0 Å². The first-order chi connectivity index (χ1) is 19.5. The topological polar surface area (TPSA) is 0 Å². The fourth-order valence-electron chi connectivity index (χ4n) is 8.14. The van der Waals surface area contributed by atoms with Crippen LogP contribution in [0.25, 0.3) is 22.3 Å². The molecule has 1 atom stereocenters. The van der Waals surface area contributed by atoms with Gasteiger partial charge in [-0.15, -0.1) is 0 Å². The van der Waals surface area contributed by atoms with E-state index in [0.717, 1.165) is 12.8 Å². The summed E-state index contributed by atoms with van der Waals surface area (Å²) in [4.78, 5) is 0. The number of fused-ring (bicyclic) bond motifs is 5. The normalized spacial score (nSPS) is 20.7. The summed E-state index contributed by atoms with van der Waals surface area (Å²) in [6, 6.07) is 10.6. The molecule has 1 unspecified atom stereocenters. The van der Waals surface area contributed by atoms with E-state index in [1.807, 2.05) is 3.28 Å². The molecule has 0 fully saturated rings.